The molecule has 1 N–H and O–H groups in total. The lowest BCUT2D eigenvalue weighted by atomic mass is 10.2. The number of ether oxygens (including phenoxy) is 1. The van der Waals surface area contributed by atoms with Gasteiger partial charge >= 0.3 is 0 Å². The van der Waals surface area contributed by atoms with Crippen molar-refractivity contribution in [2.24, 2.45) is 0 Å². The highest BCUT2D eigenvalue weighted by Gasteiger charge is 2.08. The second-order valence-corrected chi connectivity index (χ2v) is 8.10. The van der Waals surface area contributed by atoms with Gasteiger partial charge in [-0.15, -0.1) is 11.8 Å². The lowest BCUT2D eigenvalue weighted by Crippen LogP contribution is -2.12. The summed E-state index contributed by atoms with van der Waals surface area (Å²) in [5.74, 6) is 1.40. The van der Waals surface area contributed by atoms with E-state index in [4.69, 9.17) is 4.74 Å². The number of amides is 1. The molecule has 31 heavy (non-hydrogen) atoms. The standard InChI is InChI=1S/C27H23NO2S/c29-27(23-10-7-11-25(18-23)30-19-21-8-3-1-4-9-21)28-24-16-14-22(15-17-24)20-31-26-12-5-2-6-13-26/h1-18H,19-20H2,(H,28,29). The molecule has 0 spiro atoms. The van der Waals surface area contributed by atoms with E-state index in [1.807, 2.05) is 84.9 Å². The average molecular weight is 426 g/mol. The molecule has 0 bridgehead atoms. The molecule has 0 aromatic heterocycles. The van der Waals surface area contributed by atoms with Crippen LogP contribution in [0.1, 0.15) is 21.5 Å². The maximum Gasteiger partial charge on any atom is 0.255 e. The van der Waals surface area contributed by atoms with Crippen molar-refractivity contribution in [1.82, 2.24) is 0 Å². The van der Waals surface area contributed by atoms with Gasteiger partial charge in [0.2, 0.25) is 0 Å². The molecule has 4 rings (SSSR count). The van der Waals surface area contributed by atoms with Gasteiger partial charge in [0.05, 0.1) is 0 Å². The Balaban J connectivity index is 1.32. The van der Waals surface area contributed by atoms with Crippen LogP contribution in [-0.4, -0.2) is 5.91 Å². The van der Waals surface area contributed by atoms with Crippen molar-refractivity contribution in [3.8, 4) is 5.75 Å². The largest absolute Gasteiger partial charge is 0.489 e. The zero-order chi connectivity index (χ0) is 21.3. The van der Waals surface area contributed by atoms with Crippen LogP contribution < -0.4 is 10.1 Å². The second-order valence-electron chi connectivity index (χ2n) is 7.05. The Bertz CT molecular complexity index is 1110. The van der Waals surface area contributed by atoms with Crippen LogP contribution in [0.4, 0.5) is 5.69 Å². The monoisotopic (exact) mass is 425 g/mol. The van der Waals surface area contributed by atoms with Crippen LogP contribution in [0.3, 0.4) is 0 Å². The van der Waals surface area contributed by atoms with Crippen molar-refractivity contribution in [2.45, 2.75) is 17.3 Å². The van der Waals surface area contributed by atoms with Crippen molar-refractivity contribution in [1.29, 1.82) is 0 Å². The summed E-state index contributed by atoms with van der Waals surface area (Å²) < 4.78 is 5.83. The molecule has 4 aromatic carbocycles. The topological polar surface area (TPSA) is 38.3 Å². The summed E-state index contributed by atoms with van der Waals surface area (Å²) in [6, 6.07) is 35.5. The Morgan fingerprint density at radius 1 is 0.742 bits per heavy atom. The van der Waals surface area contributed by atoms with Crippen molar-refractivity contribution in [2.75, 3.05) is 5.32 Å². The van der Waals surface area contributed by atoms with Gasteiger partial charge in [-0.1, -0.05) is 66.7 Å². The number of anilines is 1. The molecule has 3 nitrogen and oxygen atoms in total. The predicted octanol–water partition coefficient (Wildman–Crippen LogP) is 6.81. The molecule has 1 amide bonds. The molecule has 0 atom stereocenters. The summed E-state index contributed by atoms with van der Waals surface area (Å²) in [7, 11) is 0. The molecule has 0 saturated heterocycles. The van der Waals surface area contributed by atoms with Crippen LogP contribution in [0, 0.1) is 0 Å². The Hall–Kier alpha value is -3.50. The minimum atomic E-state index is -0.156. The van der Waals surface area contributed by atoms with Gasteiger partial charge in [0, 0.05) is 21.9 Å². The fraction of sp³-hybridized carbons (Fsp3) is 0.0741. The van der Waals surface area contributed by atoms with Crippen molar-refractivity contribution in [3.05, 3.63) is 126 Å². The fourth-order valence-electron chi connectivity index (χ4n) is 3.04. The number of carbonyl (C=O) groups excluding carboxylic acids is 1. The van der Waals surface area contributed by atoms with E-state index in [9.17, 15) is 4.79 Å². The van der Waals surface area contributed by atoms with E-state index in [0.29, 0.717) is 17.9 Å². The van der Waals surface area contributed by atoms with E-state index < -0.39 is 0 Å². The van der Waals surface area contributed by atoms with Gasteiger partial charge in [-0.05, 0) is 53.6 Å². The predicted molar refractivity (Wildman–Crippen MR) is 128 cm³/mol. The third kappa shape index (κ3) is 6.24. The van der Waals surface area contributed by atoms with Gasteiger partial charge < -0.3 is 10.1 Å². The van der Waals surface area contributed by atoms with E-state index in [1.165, 1.54) is 10.5 Å². The van der Waals surface area contributed by atoms with Gasteiger partial charge in [0.25, 0.3) is 5.91 Å². The van der Waals surface area contributed by atoms with E-state index in [2.05, 4.69) is 17.4 Å². The average Bonchev–Trinajstić information content (AvgIpc) is 2.84. The highest BCUT2D eigenvalue weighted by molar-refractivity contribution is 7.98. The zero-order valence-electron chi connectivity index (χ0n) is 17.0. The van der Waals surface area contributed by atoms with Crippen LogP contribution >= 0.6 is 11.8 Å². The van der Waals surface area contributed by atoms with E-state index >= 15 is 0 Å². The minimum Gasteiger partial charge on any atom is -0.489 e. The van der Waals surface area contributed by atoms with Gasteiger partial charge in [-0.3, -0.25) is 4.79 Å². The number of hydrogen-bond donors (Lipinski definition) is 1. The van der Waals surface area contributed by atoms with E-state index in [0.717, 1.165) is 17.0 Å². The number of carbonyl (C=O) groups is 1. The molecule has 0 aliphatic carbocycles. The molecule has 0 fully saturated rings. The molecule has 4 heteroatoms. The number of benzene rings is 4. The first-order valence-electron chi connectivity index (χ1n) is 10.1. The van der Waals surface area contributed by atoms with Gasteiger partial charge in [-0.25, -0.2) is 0 Å². The molecule has 0 aliphatic rings. The number of nitrogens with one attached hydrogen (secondary N) is 1. The summed E-state index contributed by atoms with van der Waals surface area (Å²) in [6.45, 7) is 0.467. The van der Waals surface area contributed by atoms with E-state index in [-0.39, 0.29) is 5.91 Å². The molecule has 0 heterocycles. The quantitative estimate of drug-likeness (QED) is 0.315. The van der Waals surface area contributed by atoms with Crippen molar-refractivity contribution < 1.29 is 9.53 Å². The molecule has 154 valence electrons. The number of thioether (sulfide) groups is 1. The highest BCUT2D eigenvalue weighted by atomic mass is 32.2. The first-order chi connectivity index (χ1) is 15.3. The van der Waals surface area contributed by atoms with Gasteiger partial charge in [0.15, 0.2) is 0 Å². The Kier molecular flexibility index (Phi) is 7.04. The van der Waals surface area contributed by atoms with Gasteiger partial charge in [0.1, 0.15) is 12.4 Å². The second kappa shape index (κ2) is 10.5. The summed E-state index contributed by atoms with van der Waals surface area (Å²) in [5.41, 5.74) is 3.63. The molecule has 0 unspecified atom stereocenters. The zero-order valence-corrected chi connectivity index (χ0v) is 17.8. The highest BCUT2D eigenvalue weighted by Crippen LogP contribution is 2.23. The summed E-state index contributed by atoms with van der Waals surface area (Å²) >= 11 is 1.79. The van der Waals surface area contributed by atoms with Crippen LogP contribution in [0.25, 0.3) is 0 Å². The molecule has 0 radical (unpaired) electrons. The van der Waals surface area contributed by atoms with Crippen LogP contribution in [0.15, 0.2) is 114 Å². The maximum atomic E-state index is 12.7. The molecular weight excluding hydrogens is 402 g/mol. The number of hydrogen-bond acceptors (Lipinski definition) is 3. The fourth-order valence-corrected chi connectivity index (χ4v) is 3.91. The first-order valence-corrected chi connectivity index (χ1v) is 11.1. The smallest absolute Gasteiger partial charge is 0.255 e. The normalized spacial score (nSPS) is 10.5. The third-order valence-corrected chi connectivity index (χ3v) is 5.79. The SMILES string of the molecule is O=C(Nc1ccc(CSc2ccccc2)cc1)c1cccc(OCc2ccccc2)c1. The third-order valence-electron chi connectivity index (χ3n) is 4.71. The van der Waals surface area contributed by atoms with Crippen LogP contribution in [0.2, 0.25) is 0 Å². The molecule has 0 saturated carbocycles. The molecular formula is C27H23NO2S. The first kappa shape index (κ1) is 20.8. The molecule has 0 aliphatic heterocycles. The number of rotatable bonds is 8. The van der Waals surface area contributed by atoms with Crippen molar-refractivity contribution in [3.63, 3.8) is 0 Å². The van der Waals surface area contributed by atoms with E-state index in [1.54, 1.807) is 23.9 Å². The summed E-state index contributed by atoms with van der Waals surface area (Å²) in [4.78, 5) is 13.9. The Morgan fingerprint density at radius 3 is 2.19 bits per heavy atom. The minimum absolute atomic E-state index is 0.156. The van der Waals surface area contributed by atoms with Crippen molar-refractivity contribution >= 4 is 23.4 Å². The van der Waals surface area contributed by atoms with Crippen LogP contribution in [0.5, 0.6) is 5.75 Å². The summed E-state index contributed by atoms with van der Waals surface area (Å²) in [5, 5.41) is 2.96. The van der Waals surface area contributed by atoms with Crippen LogP contribution in [-0.2, 0) is 12.4 Å². The Morgan fingerprint density at radius 2 is 1.45 bits per heavy atom. The maximum absolute atomic E-state index is 12.7. The lowest BCUT2D eigenvalue weighted by Gasteiger charge is -2.09. The van der Waals surface area contributed by atoms with Gasteiger partial charge in [-0.2, -0.15) is 0 Å². The summed E-state index contributed by atoms with van der Waals surface area (Å²) in [6.07, 6.45) is 0. The Labute approximate surface area is 187 Å². The lowest BCUT2D eigenvalue weighted by molar-refractivity contribution is 0.102. The molecule has 4 aromatic rings.